The maximum Gasteiger partial charge on any atom is 0.336 e. The van der Waals surface area contributed by atoms with Crippen LogP contribution in [0.3, 0.4) is 0 Å². The Morgan fingerprint density at radius 1 is 1.05 bits per heavy atom. The highest BCUT2D eigenvalue weighted by atomic mass is 16.5. The molecule has 0 bridgehead atoms. The minimum absolute atomic E-state index is 0.114. The predicted octanol–water partition coefficient (Wildman–Crippen LogP) is 3.85. The fourth-order valence-electron chi connectivity index (χ4n) is 1.91. The Morgan fingerprint density at radius 2 is 1.71 bits per heavy atom. The Bertz CT molecular complexity index is 617. The third kappa shape index (κ3) is 3.96. The minimum Gasteiger partial charge on any atom is -0.488 e. The van der Waals surface area contributed by atoms with Gasteiger partial charge in [-0.1, -0.05) is 55.1 Å². The van der Waals surface area contributed by atoms with Crippen LogP contribution in [0.25, 0.3) is 11.1 Å². The summed E-state index contributed by atoms with van der Waals surface area (Å²) in [6, 6.07) is 17.7. The predicted molar refractivity (Wildman–Crippen MR) is 83.1 cm³/mol. The molecular formula is C18H18O3. The highest BCUT2D eigenvalue weighted by Crippen LogP contribution is 2.29. The molecule has 2 aromatic carbocycles. The molecule has 21 heavy (non-hydrogen) atoms. The van der Waals surface area contributed by atoms with E-state index in [9.17, 15) is 4.79 Å². The number of ether oxygens (including phenoxy) is 2. The van der Waals surface area contributed by atoms with Gasteiger partial charge in [0.05, 0.1) is 12.2 Å². The summed E-state index contributed by atoms with van der Waals surface area (Å²) in [5.74, 6) is 0.295. The van der Waals surface area contributed by atoms with Gasteiger partial charge in [0, 0.05) is 5.56 Å². The van der Waals surface area contributed by atoms with Gasteiger partial charge in [-0.25, -0.2) is 4.79 Å². The highest BCUT2D eigenvalue weighted by molar-refractivity contribution is 5.88. The monoisotopic (exact) mass is 282 g/mol. The van der Waals surface area contributed by atoms with E-state index >= 15 is 0 Å². The van der Waals surface area contributed by atoms with Crippen molar-refractivity contribution in [2.75, 3.05) is 13.2 Å². The summed E-state index contributed by atoms with van der Waals surface area (Å²) in [5, 5.41) is 0. The van der Waals surface area contributed by atoms with Gasteiger partial charge >= 0.3 is 5.97 Å². The lowest BCUT2D eigenvalue weighted by Gasteiger charge is -2.12. The Labute approximate surface area is 124 Å². The molecule has 3 nitrogen and oxygen atoms in total. The quantitative estimate of drug-likeness (QED) is 0.596. The summed E-state index contributed by atoms with van der Waals surface area (Å²) in [7, 11) is 0. The molecule has 108 valence electrons. The third-order valence-corrected chi connectivity index (χ3v) is 2.94. The fraction of sp³-hybridized carbons (Fsp3) is 0.167. The van der Waals surface area contributed by atoms with Gasteiger partial charge in [0.25, 0.3) is 0 Å². The summed E-state index contributed by atoms with van der Waals surface area (Å²) in [6.45, 7) is 5.90. The number of rotatable bonds is 6. The number of carbonyl (C=O) groups excluding carboxylic acids is 1. The molecule has 2 rings (SSSR count). The van der Waals surface area contributed by atoms with Crippen molar-refractivity contribution in [2.45, 2.75) is 6.92 Å². The maximum absolute atomic E-state index is 11.5. The van der Waals surface area contributed by atoms with E-state index in [1.807, 2.05) is 54.6 Å². The molecule has 0 aliphatic heterocycles. The van der Waals surface area contributed by atoms with Gasteiger partial charge in [-0.05, 0) is 18.6 Å². The molecule has 3 heteroatoms. The van der Waals surface area contributed by atoms with Gasteiger partial charge in [0.2, 0.25) is 0 Å². The van der Waals surface area contributed by atoms with Crippen LogP contribution < -0.4 is 4.74 Å². The van der Waals surface area contributed by atoms with Crippen molar-refractivity contribution < 1.29 is 14.3 Å². The van der Waals surface area contributed by atoms with E-state index in [1.54, 1.807) is 6.92 Å². The number of hydrogen-bond donors (Lipinski definition) is 0. The van der Waals surface area contributed by atoms with Gasteiger partial charge in [0.1, 0.15) is 12.4 Å². The maximum atomic E-state index is 11.5. The molecule has 0 radical (unpaired) electrons. The first-order chi connectivity index (χ1) is 10.2. The molecule has 0 saturated heterocycles. The van der Waals surface area contributed by atoms with Gasteiger partial charge in [-0.15, -0.1) is 0 Å². The van der Waals surface area contributed by atoms with E-state index in [-0.39, 0.29) is 6.61 Å². The molecule has 2 aromatic rings. The first-order valence-corrected chi connectivity index (χ1v) is 6.84. The van der Waals surface area contributed by atoms with Crippen LogP contribution >= 0.6 is 0 Å². The number of esters is 1. The van der Waals surface area contributed by atoms with Crippen LogP contribution in [0, 0.1) is 0 Å². The summed E-state index contributed by atoms with van der Waals surface area (Å²) in [4.78, 5) is 11.5. The molecule has 0 heterocycles. The zero-order valence-electron chi connectivity index (χ0n) is 12.0. The van der Waals surface area contributed by atoms with Gasteiger partial charge in [0.15, 0.2) is 0 Å². The lowest BCUT2D eigenvalue weighted by atomic mass is 10.1. The molecule has 0 spiro atoms. The average molecular weight is 282 g/mol. The summed E-state index contributed by atoms with van der Waals surface area (Å²) in [6.07, 6.45) is 0. The number of carbonyl (C=O) groups is 1. The lowest BCUT2D eigenvalue weighted by Crippen LogP contribution is -2.13. The topological polar surface area (TPSA) is 35.5 Å². The van der Waals surface area contributed by atoms with Crippen molar-refractivity contribution >= 4 is 5.97 Å². The van der Waals surface area contributed by atoms with E-state index in [0.29, 0.717) is 17.9 Å². The van der Waals surface area contributed by atoms with Crippen LogP contribution in [0.2, 0.25) is 0 Å². The van der Waals surface area contributed by atoms with E-state index < -0.39 is 5.97 Å². The molecule has 0 saturated carbocycles. The molecule has 0 aliphatic rings. The molecule has 0 aliphatic carbocycles. The van der Waals surface area contributed by atoms with Crippen molar-refractivity contribution in [1.29, 1.82) is 0 Å². The van der Waals surface area contributed by atoms with Crippen molar-refractivity contribution in [3.63, 3.8) is 0 Å². The van der Waals surface area contributed by atoms with Crippen LogP contribution in [0.4, 0.5) is 0 Å². The Hall–Kier alpha value is -2.55. The molecule has 0 atom stereocenters. The summed E-state index contributed by atoms with van der Waals surface area (Å²) in [5.41, 5.74) is 2.35. The van der Waals surface area contributed by atoms with E-state index in [2.05, 4.69) is 6.58 Å². The van der Waals surface area contributed by atoms with Crippen LogP contribution in [0.15, 0.2) is 66.7 Å². The number of benzene rings is 2. The standard InChI is InChI=1S/C18H18O3/c1-3-20-18(19)14(2)13-21-17-12-8-7-11-16(17)15-9-5-4-6-10-15/h4-12H,2-3,13H2,1H3. The Morgan fingerprint density at radius 3 is 2.43 bits per heavy atom. The minimum atomic E-state index is -0.422. The summed E-state index contributed by atoms with van der Waals surface area (Å²) >= 11 is 0. The van der Waals surface area contributed by atoms with Gasteiger partial charge < -0.3 is 9.47 Å². The zero-order valence-corrected chi connectivity index (χ0v) is 12.0. The van der Waals surface area contributed by atoms with Crippen LogP contribution in [-0.4, -0.2) is 19.2 Å². The number of para-hydroxylation sites is 1. The normalized spacial score (nSPS) is 9.95. The largest absolute Gasteiger partial charge is 0.488 e. The van der Waals surface area contributed by atoms with E-state index in [1.165, 1.54) is 0 Å². The molecule has 0 aromatic heterocycles. The first kappa shape index (κ1) is 14.9. The molecule has 0 amide bonds. The Balaban J connectivity index is 2.11. The SMILES string of the molecule is C=C(COc1ccccc1-c1ccccc1)C(=O)OCC. The van der Waals surface area contributed by atoms with E-state index in [4.69, 9.17) is 9.47 Å². The van der Waals surface area contributed by atoms with Crippen molar-refractivity contribution in [2.24, 2.45) is 0 Å². The first-order valence-electron chi connectivity index (χ1n) is 6.84. The van der Waals surface area contributed by atoms with Crippen molar-refractivity contribution in [3.8, 4) is 16.9 Å². The third-order valence-electron chi connectivity index (χ3n) is 2.94. The van der Waals surface area contributed by atoms with Crippen LogP contribution in [-0.2, 0) is 9.53 Å². The molecule has 0 fully saturated rings. The van der Waals surface area contributed by atoms with Crippen LogP contribution in [0.5, 0.6) is 5.75 Å². The molecule has 0 N–H and O–H groups in total. The zero-order chi connectivity index (χ0) is 15.1. The smallest absolute Gasteiger partial charge is 0.336 e. The van der Waals surface area contributed by atoms with Crippen molar-refractivity contribution in [1.82, 2.24) is 0 Å². The second-order valence-corrected chi connectivity index (χ2v) is 4.47. The van der Waals surface area contributed by atoms with Gasteiger partial charge in [-0.3, -0.25) is 0 Å². The fourth-order valence-corrected chi connectivity index (χ4v) is 1.91. The van der Waals surface area contributed by atoms with Crippen molar-refractivity contribution in [3.05, 3.63) is 66.7 Å². The second-order valence-electron chi connectivity index (χ2n) is 4.47. The second kappa shape index (κ2) is 7.29. The lowest BCUT2D eigenvalue weighted by molar-refractivity contribution is -0.138. The van der Waals surface area contributed by atoms with Gasteiger partial charge in [-0.2, -0.15) is 0 Å². The average Bonchev–Trinajstić information content (AvgIpc) is 2.54. The van der Waals surface area contributed by atoms with Crippen LogP contribution in [0.1, 0.15) is 6.92 Å². The molecular weight excluding hydrogens is 264 g/mol. The number of hydrogen-bond acceptors (Lipinski definition) is 3. The molecule has 0 unspecified atom stereocenters. The Kier molecular flexibility index (Phi) is 5.16. The highest BCUT2D eigenvalue weighted by Gasteiger charge is 2.10. The van der Waals surface area contributed by atoms with E-state index in [0.717, 1.165) is 11.1 Å². The summed E-state index contributed by atoms with van der Waals surface area (Å²) < 4.78 is 10.6.